The fourth-order valence-electron chi connectivity index (χ4n) is 3.74. The van der Waals surface area contributed by atoms with Crippen molar-refractivity contribution in [3.63, 3.8) is 0 Å². The van der Waals surface area contributed by atoms with Gasteiger partial charge in [0.2, 0.25) is 0 Å². The summed E-state index contributed by atoms with van der Waals surface area (Å²) >= 11 is 7.02. The van der Waals surface area contributed by atoms with E-state index in [0.29, 0.717) is 22.3 Å². The number of hydrogen-bond acceptors (Lipinski definition) is 2. The second kappa shape index (κ2) is 4.87. The standard InChI is InChI=1S/C20H10Br2O2/c21-13-1-9-5-15-16(6-10(9)2-13)20(24)18-8-12-4-14(22)3-11(12)7-17(18)19(15)23/h1,4-8H,2-3H2. The van der Waals surface area contributed by atoms with Crippen LogP contribution in [0.25, 0.3) is 12.2 Å². The van der Waals surface area contributed by atoms with Gasteiger partial charge < -0.3 is 0 Å². The van der Waals surface area contributed by atoms with Gasteiger partial charge >= 0.3 is 0 Å². The van der Waals surface area contributed by atoms with E-state index in [4.69, 9.17) is 0 Å². The minimum atomic E-state index is -0.0513. The third-order valence-electron chi connectivity index (χ3n) is 4.88. The SMILES string of the molecule is O=C1c2cc3c(cc2C(=O)c2cc4c(cc21)CC(Br)=C4)CC(Br)=C3. The number of ketones is 2. The molecule has 0 N–H and O–H groups in total. The molecular formula is C20H10Br2O2. The summed E-state index contributed by atoms with van der Waals surface area (Å²) in [4.78, 5) is 26.0. The lowest BCUT2D eigenvalue weighted by Gasteiger charge is -2.20. The molecule has 0 fully saturated rings. The predicted molar refractivity (Wildman–Crippen MR) is 101 cm³/mol. The van der Waals surface area contributed by atoms with Gasteiger partial charge in [-0.05, 0) is 58.7 Å². The Balaban J connectivity index is 1.73. The summed E-state index contributed by atoms with van der Waals surface area (Å²) in [5, 5.41) is 0. The molecule has 0 bridgehead atoms. The van der Waals surface area contributed by atoms with Crippen LogP contribution in [-0.2, 0) is 12.8 Å². The molecule has 0 unspecified atom stereocenters. The van der Waals surface area contributed by atoms with Crippen molar-refractivity contribution in [1.29, 1.82) is 0 Å². The molecule has 0 radical (unpaired) electrons. The van der Waals surface area contributed by atoms with Crippen molar-refractivity contribution < 1.29 is 9.59 Å². The molecule has 2 aromatic carbocycles. The van der Waals surface area contributed by atoms with E-state index >= 15 is 0 Å². The van der Waals surface area contributed by atoms with Crippen LogP contribution >= 0.6 is 31.9 Å². The smallest absolute Gasteiger partial charge is 0.194 e. The van der Waals surface area contributed by atoms with Gasteiger partial charge in [0.05, 0.1) is 0 Å². The highest BCUT2D eigenvalue weighted by molar-refractivity contribution is 9.12. The summed E-state index contributed by atoms with van der Waals surface area (Å²) in [5.74, 6) is -0.103. The van der Waals surface area contributed by atoms with E-state index in [-0.39, 0.29) is 11.6 Å². The Morgan fingerprint density at radius 3 is 1.42 bits per heavy atom. The van der Waals surface area contributed by atoms with E-state index < -0.39 is 0 Å². The van der Waals surface area contributed by atoms with Gasteiger partial charge in [-0.25, -0.2) is 0 Å². The van der Waals surface area contributed by atoms with Gasteiger partial charge in [-0.2, -0.15) is 0 Å². The molecule has 5 rings (SSSR count). The monoisotopic (exact) mass is 440 g/mol. The quantitative estimate of drug-likeness (QED) is 0.489. The van der Waals surface area contributed by atoms with E-state index in [1.54, 1.807) is 0 Å². The van der Waals surface area contributed by atoms with Crippen LogP contribution in [-0.4, -0.2) is 11.6 Å². The Hall–Kier alpha value is -1.78. The first-order chi connectivity index (χ1) is 11.5. The van der Waals surface area contributed by atoms with Crippen molar-refractivity contribution in [2.75, 3.05) is 0 Å². The molecule has 3 aliphatic carbocycles. The average Bonchev–Trinajstić information content (AvgIpc) is 3.09. The maximum atomic E-state index is 13.0. The first kappa shape index (κ1) is 14.6. The average molecular weight is 442 g/mol. The Morgan fingerprint density at radius 2 is 1.00 bits per heavy atom. The van der Waals surface area contributed by atoms with Crippen LogP contribution in [0.5, 0.6) is 0 Å². The van der Waals surface area contributed by atoms with Crippen molar-refractivity contribution in [2.45, 2.75) is 12.8 Å². The van der Waals surface area contributed by atoms with Gasteiger partial charge in [0.25, 0.3) is 0 Å². The molecule has 24 heavy (non-hydrogen) atoms. The number of carbonyl (C=O) groups excluding carboxylic acids is 2. The fourth-order valence-corrected chi connectivity index (χ4v) is 4.84. The Bertz CT molecular complexity index is 972. The molecule has 2 aromatic rings. The van der Waals surface area contributed by atoms with Crippen LogP contribution in [0.1, 0.15) is 54.1 Å². The summed E-state index contributed by atoms with van der Waals surface area (Å²) in [5.41, 5.74) is 6.34. The van der Waals surface area contributed by atoms with Gasteiger partial charge in [-0.3, -0.25) is 9.59 Å². The van der Waals surface area contributed by atoms with Crippen LogP contribution in [0.4, 0.5) is 0 Å². The summed E-state index contributed by atoms with van der Waals surface area (Å²) < 4.78 is 2.15. The third kappa shape index (κ3) is 1.93. The molecule has 0 aliphatic heterocycles. The molecule has 2 nitrogen and oxygen atoms in total. The van der Waals surface area contributed by atoms with Crippen LogP contribution in [0.3, 0.4) is 0 Å². The lowest BCUT2D eigenvalue weighted by Crippen LogP contribution is -2.22. The number of carbonyl (C=O) groups is 2. The van der Waals surface area contributed by atoms with Gasteiger partial charge in [-0.15, -0.1) is 0 Å². The third-order valence-corrected chi connectivity index (χ3v) is 5.90. The van der Waals surface area contributed by atoms with Crippen molar-refractivity contribution in [1.82, 2.24) is 0 Å². The fraction of sp³-hybridized carbons (Fsp3) is 0.100. The first-order valence-corrected chi connectivity index (χ1v) is 9.25. The molecule has 0 amide bonds. The molecule has 0 atom stereocenters. The number of benzene rings is 2. The maximum Gasteiger partial charge on any atom is 0.194 e. The second-order valence-corrected chi connectivity index (χ2v) is 8.42. The Morgan fingerprint density at radius 1 is 0.625 bits per heavy atom. The number of hydrogen-bond donors (Lipinski definition) is 0. The van der Waals surface area contributed by atoms with Gasteiger partial charge in [0.1, 0.15) is 0 Å². The minimum Gasteiger partial charge on any atom is -0.289 e. The summed E-state index contributed by atoms with van der Waals surface area (Å²) in [6.07, 6.45) is 5.59. The Labute approximate surface area is 155 Å². The zero-order chi connectivity index (χ0) is 16.6. The molecule has 0 saturated carbocycles. The van der Waals surface area contributed by atoms with Gasteiger partial charge in [0.15, 0.2) is 11.6 Å². The number of fused-ring (bicyclic) bond motifs is 4. The van der Waals surface area contributed by atoms with Gasteiger partial charge in [-0.1, -0.05) is 31.9 Å². The molecule has 0 spiro atoms. The Kier molecular flexibility index (Phi) is 2.95. The zero-order valence-corrected chi connectivity index (χ0v) is 15.6. The normalized spacial score (nSPS) is 17.1. The van der Waals surface area contributed by atoms with E-state index in [1.807, 2.05) is 36.4 Å². The highest BCUT2D eigenvalue weighted by Crippen LogP contribution is 2.38. The molecule has 0 aromatic heterocycles. The maximum absolute atomic E-state index is 13.0. The van der Waals surface area contributed by atoms with Crippen molar-refractivity contribution >= 4 is 55.6 Å². The van der Waals surface area contributed by atoms with Crippen LogP contribution in [0.15, 0.2) is 33.2 Å². The van der Waals surface area contributed by atoms with Crippen molar-refractivity contribution in [3.8, 4) is 0 Å². The molecular weight excluding hydrogens is 432 g/mol. The second-order valence-electron chi connectivity index (χ2n) is 6.39. The van der Waals surface area contributed by atoms with Crippen molar-refractivity contribution in [2.24, 2.45) is 0 Å². The lowest BCUT2D eigenvalue weighted by atomic mass is 9.81. The first-order valence-electron chi connectivity index (χ1n) is 7.66. The van der Waals surface area contributed by atoms with E-state index in [1.165, 1.54) is 0 Å². The number of halogens is 2. The summed E-state index contributed by atoms with van der Waals surface area (Å²) in [6, 6.07) is 7.50. The van der Waals surface area contributed by atoms with E-state index in [0.717, 1.165) is 44.1 Å². The highest BCUT2D eigenvalue weighted by atomic mass is 79.9. The largest absolute Gasteiger partial charge is 0.289 e. The van der Waals surface area contributed by atoms with E-state index in [9.17, 15) is 9.59 Å². The lowest BCUT2D eigenvalue weighted by molar-refractivity contribution is 0.0979. The molecule has 116 valence electrons. The molecule has 0 heterocycles. The summed E-state index contributed by atoms with van der Waals surface area (Å²) in [7, 11) is 0. The minimum absolute atomic E-state index is 0.0513. The zero-order valence-electron chi connectivity index (χ0n) is 12.5. The predicted octanol–water partition coefficient (Wildman–Crippen LogP) is 5.05. The van der Waals surface area contributed by atoms with Crippen LogP contribution in [0, 0.1) is 0 Å². The molecule has 3 aliphatic rings. The molecule has 0 saturated heterocycles. The van der Waals surface area contributed by atoms with Crippen molar-refractivity contribution in [3.05, 3.63) is 77.7 Å². The number of rotatable bonds is 0. The topological polar surface area (TPSA) is 34.1 Å². The van der Waals surface area contributed by atoms with E-state index in [2.05, 4.69) is 31.9 Å². The number of allylic oxidation sites excluding steroid dienone is 2. The summed E-state index contributed by atoms with van der Waals surface area (Å²) in [6.45, 7) is 0. The van der Waals surface area contributed by atoms with Gasteiger partial charge in [0, 0.05) is 44.1 Å². The highest BCUT2D eigenvalue weighted by Gasteiger charge is 2.32. The van der Waals surface area contributed by atoms with Crippen LogP contribution in [0.2, 0.25) is 0 Å². The van der Waals surface area contributed by atoms with Crippen LogP contribution < -0.4 is 0 Å². The molecule has 4 heteroatoms.